The third-order valence-corrected chi connectivity index (χ3v) is 9.37. The lowest BCUT2D eigenvalue weighted by Crippen LogP contribution is -2.04. The van der Waals surface area contributed by atoms with Crippen LogP contribution in [0.4, 0.5) is 0 Å². The van der Waals surface area contributed by atoms with E-state index in [1.807, 2.05) is 6.07 Å². The molecule has 0 unspecified atom stereocenters. The monoisotopic (exact) mass is 542 g/mol. The van der Waals surface area contributed by atoms with E-state index in [0.29, 0.717) is 20.8 Å². The number of benzene rings is 1. The number of hydrogen-bond acceptors (Lipinski definition) is 6. The van der Waals surface area contributed by atoms with Crippen LogP contribution in [0, 0.1) is 13.8 Å². The second-order valence-corrected chi connectivity index (χ2v) is 11.7. The third kappa shape index (κ3) is 4.27. The summed E-state index contributed by atoms with van der Waals surface area (Å²) < 4.78 is 2.45. The van der Waals surface area contributed by atoms with Gasteiger partial charge in [-0.3, -0.25) is 4.79 Å². The molecule has 0 fully saturated rings. The van der Waals surface area contributed by atoms with Crippen LogP contribution in [0.3, 0.4) is 0 Å². The Morgan fingerprint density at radius 1 is 1.17 bits per heavy atom. The molecule has 3 heterocycles. The Balaban J connectivity index is 1.56. The first-order chi connectivity index (χ1) is 13.8. The quantitative estimate of drug-likeness (QED) is 0.145. The van der Waals surface area contributed by atoms with Gasteiger partial charge in [0.2, 0.25) is 0 Å². The number of thiophene rings is 2. The Labute approximate surface area is 198 Å². The molecule has 0 saturated carbocycles. The van der Waals surface area contributed by atoms with E-state index in [1.54, 1.807) is 47.1 Å². The van der Waals surface area contributed by atoms with E-state index in [4.69, 9.17) is 23.2 Å². The molecule has 29 heavy (non-hydrogen) atoms. The summed E-state index contributed by atoms with van der Waals surface area (Å²) in [6, 6.07) is 6.79. The van der Waals surface area contributed by atoms with Crippen molar-refractivity contribution in [2.45, 2.75) is 19.0 Å². The molecule has 148 valence electrons. The number of nitrogens with zero attached hydrogens (tertiary/aromatic N) is 2. The van der Waals surface area contributed by atoms with Crippen LogP contribution in [-0.4, -0.2) is 21.5 Å². The maximum atomic E-state index is 12.5. The van der Waals surface area contributed by atoms with Crippen LogP contribution < -0.4 is 0 Å². The number of carbonyl (C=O) groups is 1. The number of carbonyl (C=O) groups excluding carboxylic acids is 1. The first-order valence-corrected chi connectivity index (χ1v) is 12.6. The van der Waals surface area contributed by atoms with E-state index in [1.165, 1.54) is 36.1 Å². The Kier molecular flexibility index (Phi) is 6.35. The van der Waals surface area contributed by atoms with Crippen LogP contribution >= 0.6 is 73.6 Å². The molecule has 3 aromatic heterocycles. The average Bonchev–Trinajstić information content (AvgIpc) is 3.16. The molecule has 0 amide bonds. The van der Waals surface area contributed by atoms with Crippen molar-refractivity contribution in [2.24, 2.45) is 0 Å². The van der Waals surface area contributed by atoms with Gasteiger partial charge < -0.3 is 0 Å². The number of aromatic nitrogens is 2. The van der Waals surface area contributed by atoms with Crippen molar-refractivity contribution in [1.29, 1.82) is 0 Å². The van der Waals surface area contributed by atoms with Crippen LogP contribution in [0.1, 0.15) is 21.5 Å². The molecule has 0 N–H and O–H groups in total. The molecule has 0 aliphatic rings. The van der Waals surface area contributed by atoms with Crippen molar-refractivity contribution in [3.05, 3.63) is 61.0 Å². The van der Waals surface area contributed by atoms with Crippen molar-refractivity contribution in [3.8, 4) is 10.6 Å². The van der Waals surface area contributed by atoms with Crippen LogP contribution in [-0.2, 0) is 0 Å². The fourth-order valence-corrected chi connectivity index (χ4v) is 7.75. The SMILES string of the molecule is Cc1c(Br)sc2sc(-c3ccnc(SCC(=O)c4ccc(Cl)cc4Cl)n3)c(C)c12. The number of halogens is 3. The van der Waals surface area contributed by atoms with Gasteiger partial charge in [-0.05, 0) is 65.2 Å². The van der Waals surface area contributed by atoms with Crippen LogP contribution in [0.15, 0.2) is 39.4 Å². The Morgan fingerprint density at radius 3 is 2.69 bits per heavy atom. The van der Waals surface area contributed by atoms with Gasteiger partial charge >= 0.3 is 0 Å². The van der Waals surface area contributed by atoms with Gasteiger partial charge in [-0.2, -0.15) is 0 Å². The summed E-state index contributed by atoms with van der Waals surface area (Å²) in [6.07, 6.45) is 1.74. The van der Waals surface area contributed by atoms with Crippen molar-refractivity contribution < 1.29 is 4.79 Å². The minimum absolute atomic E-state index is 0.0843. The van der Waals surface area contributed by atoms with Gasteiger partial charge in [-0.25, -0.2) is 9.97 Å². The summed E-state index contributed by atoms with van der Waals surface area (Å²) in [5.74, 6) is 0.119. The molecule has 9 heteroatoms. The molecule has 1 aromatic carbocycles. The summed E-state index contributed by atoms with van der Waals surface area (Å²) >= 11 is 20.4. The first-order valence-electron chi connectivity index (χ1n) is 8.47. The highest BCUT2D eigenvalue weighted by Gasteiger charge is 2.18. The van der Waals surface area contributed by atoms with E-state index in [0.717, 1.165) is 10.6 Å². The molecule has 0 atom stereocenters. The predicted octanol–water partition coefficient (Wildman–Crippen LogP) is 8.08. The van der Waals surface area contributed by atoms with E-state index >= 15 is 0 Å². The summed E-state index contributed by atoms with van der Waals surface area (Å²) in [7, 11) is 0. The maximum Gasteiger partial charge on any atom is 0.188 e. The van der Waals surface area contributed by atoms with Crippen LogP contribution in [0.5, 0.6) is 0 Å². The number of ketones is 1. The zero-order chi connectivity index (χ0) is 20.7. The van der Waals surface area contributed by atoms with Crippen LogP contribution in [0.25, 0.3) is 20.0 Å². The number of thioether (sulfide) groups is 1. The van der Waals surface area contributed by atoms with Crippen molar-refractivity contribution in [1.82, 2.24) is 9.97 Å². The normalized spacial score (nSPS) is 11.3. The summed E-state index contributed by atoms with van der Waals surface area (Å²) in [5.41, 5.74) is 3.82. The average molecular weight is 544 g/mol. The number of aryl methyl sites for hydroxylation is 2. The lowest BCUT2D eigenvalue weighted by molar-refractivity contribution is 0.102. The first kappa shape index (κ1) is 21.3. The van der Waals surface area contributed by atoms with Gasteiger partial charge in [0.1, 0.15) is 0 Å². The molecule has 0 radical (unpaired) electrons. The Bertz CT molecular complexity index is 1250. The van der Waals surface area contributed by atoms with Gasteiger partial charge in [-0.15, -0.1) is 22.7 Å². The van der Waals surface area contributed by atoms with Gasteiger partial charge in [0.05, 0.1) is 29.1 Å². The van der Waals surface area contributed by atoms with Crippen molar-refractivity contribution in [3.63, 3.8) is 0 Å². The second kappa shape index (κ2) is 8.65. The van der Waals surface area contributed by atoms with E-state index < -0.39 is 0 Å². The lowest BCUT2D eigenvalue weighted by Gasteiger charge is -2.05. The fraction of sp³-hybridized carbons (Fsp3) is 0.150. The zero-order valence-electron chi connectivity index (χ0n) is 15.3. The smallest absolute Gasteiger partial charge is 0.188 e. The number of rotatable bonds is 5. The van der Waals surface area contributed by atoms with Gasteiger partial charge in [-0.1, -0.05) is 35.0 Å². The van der Waals surface area contributed by atoms with E-state index in [-0.39, 0.29) is 11.5 Å². The highest BCUT2D eigenvalue weighted by atomic mass is 79.9. The maximum absolute atomic E-state index is 12.5. The van der Waals surface area contributed by atoms with Gasteiger partial charge in [0.15, 0.2) is 10.9 Å². The highest BCUT2D eigenvalue weighted by Crippen LogP contribution is 2.46. The van der Waals surface area contributed by atoms with Gasteiger partial charge in [0, 0.05) is 22.2 Å². The zero-order valence-corrected chi connectivity index (χ0v) is 20.8. The van der Waals surface area contributed by atoms with Crippen LogP contribution in [0.2, 0.25) is 10.0 Å². The van der Waals surface area contributed by atoms with Crippen molar-refractivity contribution in [2.75, 3.05) is 5.75 Å². The molecule has 4 rings (SSSR count). The molecule has 0 aliphatic carbocycles. The molecule has 0 saturated heterocycles. The summed E-state index contributed by atoms with van der Waals surface area (Å²) in [4.78, 5) is 22.6. The number of Topliss-reactive ketones (excluding diaryl/α,β-unsaturated/α-hetero) is 1. The summed E-state index contributed by atoms with van der Waals surface area (Å²) in [5, 5.41) is 2.72. The lowest BCUT2D eigenvalue weighted by atomic mass is 10.1. The summed E-state index contributed by atoms with van der Waals surface area (Å²) in [6.45, 7) is 4.25. The fourth-order valence-electron chi connectivity index (χ4n) is 2.95. The Morgan fingerprint density at radius 2 is 1.97 bits per heavy atom. The van der Waals surface area contributed by atoms with Crippen molar-refractivity contribution >= 4 is 88.8 Å². The molecule has 0 bridgehead atoms. The molecule has 4 aromatic rings. The van der Waals surface area contributed by atoms with Gasteiger partial charge in [0.25, 0.3) is 0 Å². The molecular formula is C20H13BrCl2N2OS3. The predicted molar refractivity (Wildman–Crippen MR) is 129 cm³/mol. The number of fused-ring (bicyclic) bond motifs is 1. The highest BCUT2D eigenvalue weighted by molar-refractivity contribution is 9.11. The second-order valence-electron chi connectivity index (χ2n) is 6.28. The molecular weight excluding hydrogens is 531 g/mol. The van der Waals surface area contributed by atoms with E-state index in [2.05, 4.69) is 39.7 Å². The standard InChI is InChI=1S/C20H13BrCl2N2OS3/c1-9-16-10(2)18(21)29-19(16)28-17(9)14-5-6-24-20(25-14)27-8-15(26)12-4-3-11(22)7-13(12)23/h3-7H,8H2,1-2H3. The topological polar surface area (TPSA) is 42.9 Å². The largest absolute Gasteiger partial charge is 0.293 e. The Hall–Kier alpha value is -0.960. The third-order valence-electron chi connectivity index (χ3n) is 4.40. The number of hydrogen-bond donors (Lipinski definition) is 0. The molecule has 0 aliphatic heterocycles. The molecule has 0 spiro atoms. The minimum Gasteiger partial charge on any atom is -0.293 e. The van der Waals surface area contributed by atoms with E-state index in [9.17, 15) is 4.79 Å². The minimum atomic E-state index is -0.0843. The molecule has 3 nitrogen and oxygen atoms in total.